The number of nitrogens with zero attached hydrogens (tertiary/aromatic N) is 1. The van der Waals surface area contributed by atoms with Crippen molar-refractivity contribution >= 4 is 26.9 Å². The van der Waals surface area contributed by atoms with Crippen molar-refractivity contribution in [3.8, 4) is 0 Å². The maximum atomic E-state index is 12.0. The van der Waals surface area contributed by atoms with Crippen molar-refractivity contribution < 1.29 is 17.9 Å². The predicted octanol–water partition coefficient (Wildman–Crippen LogP) is 1.20. The molecule has 2 aromatic rings. The highest BCUT2D eigenvalue weighted by Gasteiger charge is 2.20. The molecule has 0 amide bonds. The summed E-state index contributed by atoms with van der Waals surface area (Å²) in [6, 6.07) is 4.58. The number of hydrogen-bond donors (Lipinski definition) is 1. The van der Waals surface area contributed by atoms with Gasteiger partial charge in [0.15, 0.2) is 0 Å². The summed E-state index contributed by atoms with van der Waals surface area (Å²) in [7, 11) is 0.664. The minimum Gasteiger partial charge on any atom is -0.465 e. The molecule has 0 unspecified atom stereocenters. The van der Waals surface area contributed by atoms with E-state index in [1.807, 2.05) is 0 Å². The van der Waals surface area contributed by atoms with Gasteiger partial charge in [0.2, 0.25) is 10.0 Å². The second-order valence-corrected chi connectivity index (χ2v) is 6.34. The number of fused-ring (bicyclic) bond motifs is 1. The highest BCUT2D eigenvalue weighted by Crippen LogP contribution is 2.24. The van der Waals surface area contributed by atoms with Gasteiger partial charge in [0.1, 0.15) is 0 Å². The van der Waals surface area contributed by atoms with E-state index in [0.29, 0.717) is 16.5 Å². The van der Waals surface area contributed by atoms with E-state index in [1.54, 1.807) is 6.07 Å². The van der Waals surface area contributed by atoms with Crippen molar-refractivity contribution in [1.82, 2.24) is 9.29 Å². The first-order valence-electron chi connectivity index (χ1n) is 5.50. The molecule has 1 N–H and O–H groups in total. The number of sulfonamides is 1. The lowest BCUT2D eigenvalue weighted by Crippen LogP contribution is -2.22. The maximum Gasteiger partial charge on any atom is 0.340 e. The molecule has 1 aromatic carbocycles. The molecule has 19 heavy (non-hydrogen) atoms. The summed E-state index contributed by atoms with van der Waals surface area (Å²) in [5.74, 6) is -0.509. The van der Waals surface area contributed by atoms with E-state index < -0.39 is 16.0 Å². The Hall–Kier alpha value is -1.86. The van der Waals surface area contributed by atoms with E-state index in [-0.39, 0.29) is 4.90 Å². The molecule has 1 heterocycles. The molecule has 0 atom stereocenters. The summed E-state index contributed by atoms with van der Waals surface area (Å²) in [5.41, 5.74) is 0.992. The fraction of sp³-hybridized carbons (Fsp3) is 0.250. The molecule has 7 heteroatoms. The highest BCUT2D eigenvalue weighted by atomic mass is 32.2. The summed E-state index contributed by atoms with van der Waals surface area (Å²) in [6.45, 7) is 0. The van der Waals surface area contributed by atoms with E-state index in [0.717, 1.165) is 4.31 Å². The highest BCUT2D eigenvalue weighted by molar-refractivity contribution is 7.89. The fourth-order valence-electron chi connectivity index (χ4n) is 1.75. The van der Waals surface area contributed by atoms with E-state index in [9.17, 15) is 13.2 Å². The van der Waals surface area contributed by atoms with Crippen molar-refractivity contribution in [2.45, 2.75) is 4.90 Å². The van der Waals surface area contributed by atoms with E-state index in [1.165, 1.54) is 39.5 Å². The lowest BCUT2D eigenvalue weighted by Gasteiger charge is -2.11. The summed E-state index contributed by atoms with van der Waals surface area (Å²) in [4.78, 5) is 14.6. The number of carbonyl (C=O) groups excluding carboxylic acids is 1. The SMILES string of the molecule is COC(=O)c1c[nH]c2ccc(S(=O)(=O)N(C)C)cc12. The molecular weight excluding hydrogens is 268 g/mol. The molecule has 0 fully saturated rings. The number of aromatic nitrogens is 1. The Labute approximate surface area is 111 Å². The monoisotopic (exact) mass is 282 g/mol. The smallest absolute Gasteiger partial charge is 0.340 e. The van der Waals surface area contributed by atoms with Gasteiger partial charge in [-0.1, -0.05) is 0 Å². The summed E-state index contributed by atoms with van der Waals surface area (Å²) in [5, 5.41) is 0.523. The Balaban J connectivity index is 2.66. The molecule has 1 aromatic heterocycles. The minimum atomic E-state index is -3.53. The molecule has 0 radical (unpaired) electrons. The number of H-pyrrole nitrogens is 1. The number of aromatic amines is 1. The molecule has 0 saturated heterocycles. The zero-order valence-electron chi connectivity index (χ0n) is 10.8. The van der Waals surface area contributed by atoms with Gasteiger partial charge in [-0.2, -0.15) is 0 Å². The lowest BCUT2D eigenvalue weighted by molar-refractivity contribution is 0.0603. The number of nitrogens with one attached hydrogen (secondary N) is 1. The van der Waals surface area contributed by atoms with Crippen molar-refractivity contribution in [1.29, 1.82) is 0 Å². The van der Waals surface area contributed by atoms with E-state index in [2.05, 4.69) is 9.72 Å². The van der Waals surface area contributed by atoms with Crippen LogP contribution in [0.3, 0.4) is 0 Å². The molecule has 0 spiro atoms. The van der Waals surface area contributed by atoms with Crippen LogP contribution in [0.4, 0.5) is 0 Å². The van der Waals surface area contributed by atoms with Crippen LogP contribution in [0.1, 0.15) is 10.4 Å². The van der Waals surface area contributed by atoms with Gasteiger partial charge in [-0.15, -0.1) is 0 Å². The number of methoxy groups -OCH3 is 1. The second kappa shape index (κ2) is 4.67. The summed E-state index contributed by atoms with van der Waals surface area (Å²) >= 11 is 0. The predicted molar refractivity (Wildman–Crippen MR) is 70.5 cm³/mol. The molecule has 102 valence electrons. The molecule has 6 nitrogen and oxygen atoms in total. The van der Waals surface area contributed by atoms with Crippen LogP contribution >= 0.6 is 0 Å². The quantitative estimate of drug-likeness (QED) is 0.858. The van der Waals surface area contributed by atoms with E-state index >= 15 is 0 Å². The largest absolute Gasteiger partial charge is 0.465 e. The van der Waals surface area contributed by atoms with Gasteiger partial charge in [0.25, 0.3) is 0 Å². The number of ether oxygens (including phenoxy) is 1. The number of esters is 1. The molecule has 0 aliphatic rings. The first-order valence-corrected chi connectivity index (χ1v) is 6.94. The Morgan fingerprint density at radius 3 is 2.58 bits per heavy atom. The van der Waals surface area contributed by atoms with Crippen LogP contribution in [0.25, 0.3) is 10.9 Å². The normalized spacial score (nSPS) is 12.0. The van der Waals surface area contributed by atoms with Gasteiger partial charge in [0, 0.05) is 31.2 Å². The molecular formula is C12H14N2O4S. The van der Waals surface area contributed by atoms with Crippen molar-refractivity contribution in [2.24, 2.45) is 0 Å². The van der Waals surface area contributed by atoms with Crippen LogP contribution in [0, 0.1) is 0 Å². The van der Waals surface area contributed by atoms with Crippen LogP contribution < -0.4 is 0 Å². The zero-order valence-corrected chi connectivity index (χ0v) is 11.6. The average Bonchev–Trinajstić information content (AvgIpc) is 2.80. The van der Waals surface area contributed by atoms with Crippen molar-refractivity contribution in [2.75, 3.05) is 21.2 Å². The summed E-state index contributed by atoms with van der Waals surface area (Å²) < 4.78 is 29.9. The first-order chi connectivity index (χ1) is 8.87. The molecule has 0 saturated carbocycles. The van der Waals surface area contributed by atoms with Crippen molar-refractivity contribution in [3.63, 3.8) is 0 Å². The third-order valence-corrected chi connectivity index (χ3v) is 4.65. The number of carbonyl (C=O) groups is 1. The van der Waals surface area contributed by atoms with Gasteiger partial charge < -0.3 is 9.72 Å². The first kappa shape index (κ1) is 13.6. The summed E-state index contributed by atoms with van der Waals surface area (Å²) in [6.07, 6.45) is 1.50. The van der Waals surface area contributed by atoms with E-state index in [4.69, 9.17) is 0 Å². The molecule has 2 rings (SSSR count). The van der Waals surface area contributed by atoms with Gasteiger partial charge >= 0.3 is 5.97 Å². The fourth-order valence-corrected chi connectivity index (χ4v) is 2.68. The van der Waals surface area contributed by atoms with Crippen LogP contribution in [0.2, 0.25) is 0 Å². The molecule has 0 aliphatic heterocycles. The Morgan fingerprint density at radius 1 is 1.32 bits per heavy atom. The lowest BCUT2D eigenvalue weighted by atomic mass is 10.2. The second-order valence-electron chi connectivity index (χ2n) is 4.19. The van der Waals surface area contributed by atoms with Crippen LogP contribution in [0.5, 0.6) is 0 Å². The standard InChI is InChI=1S/C12H14N2O4S/c1-14(2)19(16,17)8-4-5-11-9(6-8)10(7-13-11)12(15)18-3/h4-7,13H,1-3H3. The Bertz CT molecular complexity index is 731. The Kier molecular flexibility index (Phi) is 3.34. The molecule has 0 aliphatic carbocycles. The van der Waals surface area contributed by atoms with Crippen LogP contribution in [0.15, 0.2) is 29.3 Å². The van der Waals surface area contributed by atoms with Crippen LogP contribution in [-0.2, 0) is 14.8 Å². The van der Waals surface area contributed by atoms with Gasteiger partial charge in [-0.25, -0.2) is 17.5 Å². The number of rotatable bonds is 3. The minimum absolute atomic E-state index is 0.134. The van der Waals surface area contributed by atoms with Crippen LogP contribution in [-0.4, -0.2) is 44.9 Å². The third kappa shape index (κ3) is 2.22. The van der Waals surface area contributed by atoms with Gasteiger partial charge in [-0.3, -0.25) is 0 Å². The van der Waals surface area contributed by atoms with Gasteiger partial charge in [-0.05, 0) is 18.2 Å². The van der Waals surface area contributed by atoms with Gasteiger partial charge in [0.05, 0.1) is 17.6 Å². The van der Waals surface area contributed by atoms with Crippen molar-refractivity contribution in [3.05, 3.63) is 30.0 Å². The average molecular weight is 282 g/mol. The maximum absolute atomic E-state index is 12.0. The third-order valence-electron chi connectivity index (χ3n) is 2.84. The number of hydrogen-bond acceptors (Lipinski definition) is 4. The molecule has 0 bridgehead atoms. The number of benzene rings is 1. The zero-order chi connectivity index (χ0) is 14.2. The topological polar surface area (TPSA) is 79.5 Å². The Morgan fingerprint density at radius 2 is 2.00 bits per heavy atom.